The van der Waals surface area contributed by atoms with Crippen LogP contribution in [0.5, 0.6) is 0 Å². The topological polar surface area (TPSA) is 77.2 Å². The van der Waals surface area contributed by atoms with Crippen LogP contribution in [0.3, 0.4) is 0 Å². The van der Waals surface area contributed by atoms with Crippen molar-refractivity contribution in [1.82, 2.24) is 35.0 Å². The number of H-pyrrole nitrogens is 1. The summed E-state index contributed by atoms with van der Waals surface area (Å²) in [5.41, 5.74) is 5.10. The molecule has 7 nitrogen and oxygen atoms in total. The maximum atomic E-state index is 15.1. The fraction of sp³-hybridized carbons (Fsp3) is 0.0833. The van der Waals surface area contributed by atoms with Crippen molar-refractivity contribution >= 4 is 21.9 Å². The summed E-state index contributed by atoms with van der Waals surface area (Å²) < 4.78 is 18.6. The van der Waals surface area contributed by atoms with Crippen LogP contribution in [0.4, 0.5) is 4.39 Å². The first-order chi connectivity index (χ1) is 15.7. The van der Waals surface area contributed by atoms with Gasteiger partial charge in [-0.3, -0.25) is 9.78 Å². The van der Waals surface area contributed by atoms with Crippen LogP contribution in [-0.4, -0.2) is 35.0 Å². The minimum Gasteiger partial charge on any atom is -0.278 e. The maximum absolute atomic E-state index is 15.1. The monoisotopic (exact) mass is 423 g/mol. The molecule has 0 aliphatic rings. The van der Waals surface area contributed by atoms with Crippen molar-refractivity contribution in [1.29, 1.82) is 0 Å². The number of fused-ring (bicyclic) bond motifs is 2. The van der Waals surface area contributed by atoms with Gasteiger partial charge in [-0.25, -0.2) is 9.07 Å². The van der Waals surface area contributed by atoms with Crippen molar-refractivity contribution in [3.8, 4) is 16.9 Å². The molecule has 156 valence electrons. The van der Waals surface area contributed by atoms with Gasteiger partial charge >= 0.3 is 0 Å². The highest BCUT2D eigenvalue weighted by atomic mass is 19.1. The zero-order valence-electron chi connectivity index (χ0n) is 17.1. The van der Waals surface area contributed by atoms with Gasteiger partial charge in [-0.1, -0.05) is 35.5 Å². The first-order valence-electron chi connectivity index (χ1n) is 10.3. The van der Waals surface area contributed by atoms with E-state index in [4.69, 9.17) is 0 Å². The van der Waals surface area contributed by atoms with Gasteiger partial charge in [0.1, 0.15) is 5.52 Å². The number of halogens is 1. The lowest BCUT2D eigenvalue weighted by Gasteiger charge is -2.16. The summed E-state index contributed by atoms with van der Waals surface area (Å²) in [5.74, 6) is -0.425. The van der Waals surface area contributed by atoms with Crippen LogP contribution in [-0.2, 0) is 0 Å². The van der Waals surface area contributed by atoms with Crippen LogP contribution in [0.25, 0.3) is 38.9 Å². The van der Waals surface area contributed by atoms with Crippen molar-refractivity contribution in [2.75, 3.05) is 0 Å². The Hall–Kier alpha value is -4.33. The van der Waals surface area contributed by atoms with E-state index in [2.05, 4.69) is 44.7 Å². The lowest BCUT2D eigenvalue weighted by molar-refractivity contribution is 0.570. The fourth-order valence-corrected chi connectivity index (χ4v) is 4.10. The SMILES string of the molecule is CC(c1ccccc1)n1nccc1-c1cc(F)c2nnn(-c3ccc4cn[nH]c4c3)c2c1. The van der Waals surface area contributed by atoms with E-state index >= 15 is 4.39 Å². The summed E-state index contributed by atoms with van der Waals surface area (Å²) >= 11 is 0. The summed E-state index contributed by atoms with van der Waals surface area (Å²) in [6, 6.07) is 21.2. The van der Waals surface area contributed by atoms with E-state index in [-0.39, 0.29) is 11.6 Å². The number of nitrogens with one attached hydrogen (secondary N) is 1. The van der Waals surface area contributed by atoms with Crippen molar-refractivity contribution in [2.24, 2.45) is 0 Å². The molecule has 8 heteroatoms. The maximum Gasteiger partial charge on any atom is 0.153 e. The van der Waals surface area contributed by atoms with Gasteiger partial charge in [0.2, 0.25) is 0 Å². The number of rotatable bonds is 4. The molecule has 0 aliphatic heterocycles. The molecule has 3 aromatic heterocycles. The minimum atomic E-state index is -0.425. The molecular weight excluding hydrogens is 405 g/mol. The number of aromatic amines is 1. The average Bonchev–Trinajstić information content (AvgIpc) is 3.57. The molecule has 6 rings (SSSR count). The molecule has 0 radical (unpaired) electrons. The van der Waals surface area contributed by atoms with Crippen LogP contribution in [0, 0.1) is 5.82 Å². The van der Waals surface area contributed by atoms with Crippen molar-refractivity contribution in [3.05, 3.63) is 90.5 Å². The summed E-state index contributed by atoms with van der Waals surface area (Å²) in [6.45, 7) is 2.08. The summed E-state index contributed by atoms with van der Waals surface area (Å²) in [5, 5.41) is 20.8. The van der Waals surface area contributed by atoms with Gasteiger partial charge in [-0.05, 0) is 48.9 Å². The first-order valence-corrected chi connectivity index (χ1v) is 10.3. The van der Waals surface area contributed by atoms with E-state index in [1.54, 1.807) is 17.1 Å². The highest BCUT2D eigenvalue weighted by Gasteiger charge is 2.18. The third kappa shape index (κ3) is 2.88. The third-order valence-corrected chi connectivity index (χ3v) is 5.79. The van der Waals surface area contributed by atoms with E-state index in [1.165, 1.54) is 6.07 Å². The second-order valence-electron chi connectivity index (χ2n) is 7.72. The molecule has 6 aromatic rings. The molecular formula is C24H18FN7. The van der Waals surface area contributed by atoms with Gasteiger partial charge < -0.3 is 0 Å². The van der Waals surface area contributed by atoms with E-state index in [9.17, 15) is 0 Å². The molecule has 1 unspecified atom stereocenters. The highest BCUT2D eigenvalue weighted by molar-refractivity contribution is 5.85. The molecule has 0 fully saturated rings. The molecule has 0 spiro atoms. The molecule has 3 aromatic carbocycles. The summed E-state index contributed by atoms with van der Waals surface area (Å²) in [6.07, 6.45) is 3.49. The molecule has 0 amide bonds. The van der Waals surface area contributed by atoms with E-state index < -0.39 is 5.82 Å². The number of hydrogen-bond acceptors (Lipinski definition) is 4. The Morgan fingerprint density at radius 1 is 1.00 bits per heavy atom. The lowest BCUT2D eigenvalue weighted by atomic mass is 10.1. The zero-order chi connectivity index (χ0) is 21.7. The normalized spacial score (nSPS) is 12.6. The lowest BCUT2D eigenvalue weighted by Crippen LogP contribution is -2.10. The predicted molar refractivity (Wildman–Crippen MR) is 120 cm³/mol. The minimum absolute atomic E-state index is 0.00854. The number of aromatic nitrogens is 7. The number of nitrogens with zero attached hydrogens (tertiary/aromatic N) is 6. The summed E-state index contributed by atoms with van der Waals surface area (Å²) in [7, 11) is 0. The van der Waals surface area contributed by atoms with Gasteiger partial charge in [0.05, 0.1) is 34.7 Å². The fourth-order valence-electron chi connectivity index (χ4n) is 4.10. The first kappa shape index (κ1) is 18.4. The van der Waals surface area contributed by atoms with Crippen molar-refractivity contribution < 1.29 is 4.39 Å². The third-order valence-electron chi connectivity index (χ3n) is 5.79. The molecule has 0 saturated heterocycles. The van der Waals surface area contributed by atoms with Gasteiger partial charge in [-0.15, -0.1) is 5.10 Å². The Kier molecular flexibility index (Phi) is 4.10. The Bertz CT molecular complexity index is 1560. The molecule has 0 saturated carbocycles. The number of benzene rings is 3. The Balaban J connectivity index is 1.49. The standard InChI is InChI=1S/C24H18FN7/c1-15(16-5-3-2-4-6-16)31-22(9-10-27-31)18-11-20(25)24-23(12-18)32(30-29-24)19-8-7-17-14-26-28-21(17)13-19/h2-15H,1H3,(H,26,28). The van der Waals surface area contributed by atoms with Crippen LogP contribution in [0.15, 0.2) is 79.1 Å². The van der Waals surface area contributed by atoms with Crippen molar-refractivity contribution in [3.63, 3.8) is 0 Å². The summed E-state index contributed by atoms with van der Waals surface area (Å²) in [4.78, 5) is 0. The second kappa shape index (κ2) is 7.12. The van der Waals surface area contributed by atoms with E-state index in [0.29, 0.717) is 11.1 Å². The molecule has 1 atom stereocenters. The van der Waals surface area contributed by atoms with Gasteiger partial charge in [0, 0.05) is 17.1 Å². The Morgan fingerprint density at radius 3 is 2.75 bits per heavy atom. The molecule has 32 heavy (non-hydrogen) atoms. The molecule has 0 aliphatic carbocycles. The van der Waals surface area contributed by atoms with E-state index in [0.717, 1.165) is 27.8 Å². The van der Waals surface area contributed by atoms with Crippen LogP contribution in [0.1, 0.15) is 18.5 Å². The molecule has 3 heterocycles. The second-order valence-corrected chi connectivity index (χ2v) is 7.72. The van der Waals surface area contributed by atoms with Crippen LogP contribution in [0.2, 0.25) is 0 Å². The highest BCUT2D eigenvalue weighted by Crippen LogP contribution is 2.30. The average molecular weight is 423 g/mol. The molecule has 0 bridgehead atoms. The number of hydrogen-bond donors (Lipinski definition) is 1. The zero-order valence-corrected chi connectivity index (χ0v) is 17.1. The quantitative estimate of drug-likeness (QED) is 0.437. The van der Waals surface area contributed by atoms with Crippen LogP contribution < -0.4 is 0 Å². The van der Waals surface area contributed by atoms with Gasteiger partial charge in [-0.2, -0.15) is 10.2 Å². The van der Waals surface area contributed by atoms with E-state index in [1.807, 2.05) is 53.2 Å². The predicted octanol–water partition coefficient (Wildman–Crippen LogP) is 4.91. The Labute approximate surface area is 182 Å². The van der Waals surface area contributed by atoms with Crippen LogP contribution >= 0.6 is 0 Å². The Morgan fingerprint density at radius 2 is 1.88 bits per heavy atom. The van der Waals surface area contributed by atoms with Crippen molar-refractivity contribution in [2.45, 2.75) is 13.0 Å². The smallest absolute Gasteiger partial charge is 0.153 e. The molecule has 1 N–H and O–H groups in total. The van der Waals surface area contributed by atoms with Gasteiger partial charge in [0.15, 0.2) is 5.82 Å². The largest absolute Gasteiger partial charge is 0.278 e. The van der Waals surface area contributed by atoms with Gasteiger partial charge in [0.25, 0.3) is 0 Å².